The Labute approximate surface area is 100 Å². The Morgan fingerprint density at radius 3 is 2.65 bits per heavy atom. The third-order valence-electron chi connectivity index (χ3n) is 2.62. The number of carbonyl (C=O) groups is 1. The SMILES string of the molecule is COc1ccc(Cc2ccncc2)c(C=O)c1. The maximum absolute atomic E-state index is 11.0. The van der Waals surface area contributed by atoms with Gasteiger partial charge in [-0.1, -0.05) is 6.07 Å². The lowest BCUT2D eigenvalue weighted by atomic mass is 10.0. The normalized spacial score (nSPS) is 9.94. The summed E-state index contributed by atoms with van der Waals surface area (Å²) in [6.45, 7) is 0. The summed E-state index contributed by atoms with van der Waals surface area (Å²) in [5.74, 6) is 0.700. The van der Waals surface area contributed by atoms with E-state index in [1.165, 1.54) is 0 Å². The van der Waals surface area contributed by atoms with E-state index in [1.54, 1.807) is 25.6 Å². The number of ether oxygens (including phenoxy) is 1. The molecule has 0 spiro atoms. The topological polar surface area (TPSA) is 39.2 Å². The Hall–Kier alpha value is -2.16. The maximum Gasteiger partial charge on any atom is 0.150 e. The van der Waals surface area contributed by atoms with Crippen molar-refractivity contribution in [1.29, 1.82) is 0 Å². The molecule has 0 N–H and O–H groups in total. The van der Waals surface area contributed by atoms with E-state index in [2.05, 4.69) is 4.98 Å². The van der Waals surface area contributed by atoms with Gasteiger partial charge in [0.15, 0.2) is 0 Å². The van der Waals surface area contributed by atoms with Gasteiger partial charge in [0, 0.05) is 18.0 Å². The first-order valence-corrected chi connectivity index (χ1v) is 5.34. The second-order valence-electron chi connectivity index (χ2n) is 3.71. The standard InChI is InChI=1S/C14H13NO2/c1-17-14-3-2-12(13(9-14)10-16)8-11-4-6-15-7-5-11/h2-7,9-10H,8H2,1H3. The summed E-state index contributed by atoms with van der Waals surface area (Å²) in [5.41, 5.74) is 2.79. The molecule has 3 nitrogen and oxygen atoms in total. The minimum absolute atomic E-state index is 0.668. The fourth-order valence-corrected chi connectivity index (χ4v) is 1.69. The molecule has 2 aromatic rings. The highest BCUT2D eigenvalue weighted by molar-refractivity contribution is 5.78. The van der Waals surface area contributed by atoms with Crippen LogP contribution in [0.25, 0.3) is 0 Å². The summed E-state index contributed by atoms with van der Waals surface area (Å²) in [4.78, 5) is 15.0. The largest absolute Gasteiger partial charge is 0.497 e. The van der Waals surface area contributed by atoms with Crippen molar-refractivity contribution in [3.8, 4) is 5.75 Å². The van der Waals surface area contributed by atoms with E-state index >= 15 is 0 Å². The summed E-state index contributed by atoms with van der Waals surface area (Å²) in [7, 11) is 1.59. The van der Waals surface area contributed by atoms with Gasteiger partial charge in [0.25, 0.3) is 0 Å². The Kier molecular flexibility index (Phi) is 3.50. The molecule has 0 fully saturated rings. The van der Waals surface area contributed by atoms with Crippen molar-refractivity contribution in [1.82, 2.24) is 4.98 Å². The lowest BCUT2D eigenvalue weighted by molar-refractivity contribution is 0.112. The second-order valence-corrected chi connectivity index (χ2v) is 3.71. The van der Waals surface area contributed by atoms with Crippen molar-refractivity contribution in [3.05, 3.63) is 59.4 Å². The lowest BCUT2D eigenvalue weighted by Crippen LogP contribution is -1.96. The average molecular weight is 227 g/mol. The maximum atomic E-state index is 11.0. The third kappa shape index (κ3) is 2.69. The molecule has 0 saturated carbocycles. The second kappa shape index (κ2) is 5.25. The van der Waals surface area contributed by atoms with Crippen LogP contribution in [-0.2, 0) is 6.42 Å². The molecule has 0 atom stereocenters. The first kappa shape index (κ1) is 11.3. The number of hydrogen-bond donors (Lipinski definition) is 0. The van der Waals surface area contributed by atoms with Gasteiger partial charge in [0.2, 0.25) is 0 Å². The Morgan fingerprint density at radius 1 is 1.24 bits per heavy atom. The average Bonchev–Trinajstić information content (AvgIpc) is 2.40. The van der Waals surface area contributed by atoms with Gasteiger partial charge in [-0.15, -0.1) is 0 Å². The van der Waals surface area contributed by atoms with E-state index < -0.39 is 0 Å². The van der Waals surface area contributed by atoms with Gasteiger partial charge >= 0.3 is 0 Å². The lowest BCUT2D eigenvalue weighted by Gasteiger charge is -2.07. The minimum atomic E-state index is 0.668. The molecular formula is C14H13NO2. The number of aldehydes is 1. The van der Waals surface area contributed by atoms with Gasteiger partial charge in [-0.3, -0.25) is 9.78 Å². The van der Waals surface area contributed by atoms with Crippen LogP contribution in [-0.4, -0.2) is 18.4 Å². The molecule has 1 heterocycles. The Bertz CT molecular complexity index is 509. The summed E-state index contributed by atoms with van der Waals surface area (Å²) >= 11 is 0. The molecule has 0 unspecified atom stereocenters. The number of pyridine rings is 1. The van der Waals surface area contributed by atoms with E-state index in [0.29, 0.717) is 11.3 Å². The van der Waals surface area contributed by atoms with Crippen molar-refractivity contribution in [3.63, 3.8) is 0 Å². The highest BCUT2D eigenvalue weighted by Gasteiger charge is 2.04. The molecule has 0 aliphatic heterocycles. The Balaban J connectivity index is 2.30. The highest BCUT2D eigenvalue weighted by atomic mass is 16.5. The van der Waals surface area contributed by atoms with Gasteiger partial charge < -0.3 is 4.74 Å². The molecule has 86 valence electrons. The van der Waals surface area contributed by atoms with Crippen molar-refractivity contribution in [2.75, 3.05) is 7.11 Å². The number of rotatable bonds is 4. The van der Waals surface area contributed by atoms with Gasteiger partial charge in [0.05, 0.1) is 7.11 Å². The van der Waals surface area contributed by atoms with Crippen LogP contribution in [0.2, 0.25) is 0 Å². The van der Waals surface area contributed by atoms with E-state index in [1.807, 2.05) is 24.3 Å². The van der Waals surface area contributed by atoms with E-state index in [0.717, 1.165) is 23.8 Å². The molecule has 3 heteroatoms. The minimum Gasteiger partial charge on any atom is -0.497 e. The van der Waals surface area contributed by atoms with Gasteiger partial charge in [-0.2, -0.15) is 0 Å². The molecule has 17 heavy (non-hydrogen) atoms. The van der Waals surface area contributed by atoms with Crippen molar-refractivity contribution < 1.29 is 9.53 Å². The van der Waals surface area contributed by atoms with Crippen LogP contribution in [0.4, 0.5) is 0 Å². The van der Waals surface area contributed by atoms with Crippen LogP contribution in [0.5, 0.6) is 5.75 Å². The van der Waals surface area contributed by atoms with E-state index in [-0.39, 0.29) is 0 Å². The zero-order valence-corrected chi connectivity index (χ0v) is 9.59. The molecule has 1 aromatic carbocycles. The molecule has 0 bridgehead atoms. The van der Waals surface area contributed by atoms with Gasteiger partial charge in [-0.05, 0) is 41.8 Å². The first-order valence-electron chi connectivity index (χ1n) is 5.34. The molecule has 0 amide bonds. The van der Waals surface area contributed by atoms with Gasteiger partial charge in [0.1, 0.15) is 12.0 Å². The van der Waals surface area contributed by atoms with Gasteiger partial charge in [-0.25, -0.2) is 0 Å². The number of carbonyl (C=O) groups excluding carboxylic acids is 1. The zero-order valence-electron chi connectivity index (χ0n) is 9.59. The number of aromatic nitrogens is 1. The van der Waals surface area contributed by atoms with Crippen LogP contribution in [0.3, 0.4) is 0 Å². The van der Waals surface area contributed by atoms with Crippen molar-refractivity contribution in [2.24, 2.45) is 0 Å². The predicted molar refractivity (Wildman–Crippen MR) is 65.4 cm³/mol. The zero-order chi connectivity index (χ0) is 12.1. The number of nitrogens with zero attached hydrogens (tertiary/aromatic N) is 1. The third-order valence-corrected chi connectivity index (χ3v) is 2.62. The highest BCUT2D eigenvalue weighted by Crippen LogP contribution is 2.18. The monoisotopic (exact) mass is 227 g/mol. The molecule has 0 aliphatic carbocycles. The molecule has 1 aromatic heterocycles. The summed E-state index contributed by atoms with van der Waals surface area (Å²) in [5, 5.41) is 0. The fourth-order valence-electron chi connectivity index (χ4n) is 1.69. The smallest absolute Gasteiger partial charge is 0.150 e. The van der Waals surface area contributed by atoms with Crippen LogP contribution in [0.15, 0.2) is 42.7 Å². The van der Waals surface area contributed by atoms with E-state index in [9.17, 15) is 4.79 Å². The van der Waals surface area contributed by atoms with Crippen LogP contribution < -0.4 is 4.74 Å². The predicted octanol–water partition coefficient (Wildman–Crippen LogP) is 2.49. The van der Waals surface area contributed by atoms with E-state index in [4.69, 9.17) is 4.74 Å². The quantitative estimate of drug-likeness (QED) is 0.753. The van der Waals surface area contributed by atoms with Crippen molar-refractivity contribution in [2.45, 2.75) is 6.42 Å². The molecule has 0 saturated heterocycles. The molecular weight excluding hydrogens is 214 g/mol. The summed E-state index contributed by atoms with van der Waals surface area (Å²) < 4.78 is 5.09. The molecule has 0 aliphatic rings. The van der Waals surface area contributed by atoms with Crippen LogP contribution in [0, 0.1) is 0 Å². The first-order chi connectivity index (χ1) is 8.33. The fraction of sp³-hybridized carbons (Fsp3) is 0.143. The summed E-state index contributed by atoms with van der Waals surface area (Å²) in [6.07, 6.45) is 5.08. The molecule has 2 rings (SSSR count). The van der Waals surface area contributed by atoms with Crippen molar-refractivity contribution >= 4 is 6.29 Å². The van der Waals surface area contributed by atoms with Crippen LogP contribution in [0.1, 0.15) is 21.5 Å². The number of hydrogen-bond acceptors (Lipinski definition) is 3. The van der Waals surface area contributed by atoms with Crippen LogP contribution >= 0.6 is 0 Å². The summed E-state index contributed by atoms with van der Waals surface area (Å²) in [6, 6.07) is 9.42. The Morgan fingerprint density at radius 2 is 2.00 bits per heavy atom. The number of methoxy groups -OCH3 is 1. The number of benzene rings is 1. The molecule has 0 radical (unpaired) electrons.